The van der Waals surface area contributed by atoms with Crippen LogP contribution in [0.1, 0.15) is 40.9 Å². The summed E-state index contributed by atoms with van der Waals surface area (Å²) in [4.78, 5) is 13.3. The number of benzene rings is 2. The van der Waals surface area contributed by atoms with Crippen molar-refractivity contribution in [1.29, 1.82) is 0 Å². The minimum atomic E-state index is -0.210. The Bertz CT molecular complexity index is 939. The molecule has 0 heterocycles. The van der Waals surface area contributed by atoms with Gasteiger partial charge < -0.3 is 4.74 Å². The highest BCUT2D eigenvalue weighted by Gasteiger charge is 2.43. The standard InChI is InChI=1S/C20H16Br2O2/c1-20(2)14-9-17(24-3)16(22)8-13(14)19(23)18-12-5-4-11(21)6-10(12)7-15(18)20/h4-6,8-9H,7H2,1-3H3. The Labute approximate surface area is 158 Å². The van der Waals surface area contributed by atoms with Crippen LogP contribution in [0.4, 0.5) is 0 Å². The topological polar surface area (TPSA) is 26.3 Å². The van der Waals surface area contributed by atoms with Crippen LogP contribution in [0.15, 0.2) is 44.9 Å². The molecule has 2 aliphatic carbocycles. The van der Waals surface area contributed by atoms with E-state index in [1.807, 2.05) is 18.2 Å². The summed E-state index contributed by atoms with van der Waals surface area (Å²) in [5, 5.41) is 0. The van der Waals surface area contributed by atoms with Crippen molar-refractivity contribution in [2.45, 2.75) is 25.7 Å². The van der Waals surface area contributed by atoms with Gasteiger partial charge in [-0.3, -0.25) is 4.79 Å². The molecule has 0 saturated heterocycles. The molecule has 0 radical (unpaired) electrons. The zero-order valence-corrected chi connectivity index (χ0v) is 16.8. The molecule has 0 N–H and O–H groups in total. The number of Topliss-reactive ketones (excluding diaryl/α,β-unsaturated/α-hetero) is 1. The molecule has 4 rings (SSSR count). The number of halogens is 2. The lowest BCUT2D eigenvalue weighted by molar-refractivity contribution is 0.105. The van der Waals surface area contributed by atoms with Gasteiger partial charge in [0.15, 0.2) is 5.78 Å². The third kappa shape index (κ3) is 2.09. The van der Waals surface area contributed by atoms with Crippen molar-refractivity contribution in [3.05, 3.63) is 67.1 Å². The van der Waals surface area contributed by atoms with E-state index in [1.165, 1.54) is 11.1 Å². The molecular weight excluding hydrogens is 432 g/mol. The molecule has 0 aromatic heterocycles. The van der Waals surface area contributed by atoms with Crippen molar-refractivity contribution < 1.29 is 9.53 Å². The van der Waals surface area contributed by atoms with E-state index < -0.39 is 0 Å². The zero-order chi connectivity index (χ0) is 17.2. The van der Waals surface area contributed by atoms with E-state index in [0.717, 1.165) is 43.4 Å². The fraction of sp³-hybridized carbons (Fsp3) is 0.250. The summed E-state index contributed by atoms with van der Waals surface area (Å²) >= 11 is 7.05. The van der Waals surface area contributed by atoms with Crippen molar-refractivity contribution in [3.63, 3.8) is 0 Å². The average Bonchev–Trinajstić information content (AvgIpc) is 2.92. The first kappa shape index (κ1) is 16.1. The van der Waals surface area contributed by atoms with E-state index in [1.54, 1.807) is 7.11 Å². The van der Waals surface area contributed by atoms with Crippen LogP contribution < -0.4 is 4.74 Å². The molecule has 0 spiro atoms. The molecule has 0 atom stereocenters. The first-order chi connectivity index (χ1) is 11.3. The van der Waals surface area contributed by atoms with Gasteiger partial charge in [0.05, 0.1) is 11.6 Å². The van der Waals surface area contributed by atoms with Gasteiger partial charge in [0.1, 0.15) is 5.75 Å². The summed E-state index contributed by atoms with van der Waals surface area (Å²) in [5.74, 6) is 0.876. The van der Waals surface area contributed by atoms with Crippen LogP contribution in [0.2, 0.25) is 0 Å². The number of allylic oxidation sites excluding steroid dienone is 2. The third-order valence-electron chi connectivity index (χ3n) is 5.20. The highest BCUT2D eigenvalue weighted by molar-refractivity contribution is 9.10. The highest BCUT2D eigenvalue weighted by Crippen LogP contribution is 2.51. The fourth-order valence-electron chi connectivity index (χ4n) is 3.90. The van der Waals surface area contributed by atoms with Crippen LogP contribution in [0.5, 0.6) is 5.75 Å². The minimum absolute atomic E-state index is 0.115. The van der Waals surface area contributed by atoms with E-state index in [4.69, 9.17) is 4.74 Å². The maximum absolute atomic E-state index is 13.3. The van der Waals surface area contributed by atoms with Crippen molar-refractivity contribution in [3.8, 4) is 5.75 Å². The van der Waals surface area contributed by atoms with E-state index in [9.17, 15) is 4.79 Å². The summed E-state index contributed by atoms with van der Waals surface area (Å²) in [6.07, 6.45) is 0.820. The predicted molar refractivity (Wildman–Crippen MR) is 103 cm³/mol. The van der Waals surface area contributed by atoms with Gasteiger partial charge in [0, 0.05) is 21.0 Å². The normalized spacial score (nSPS) is 17.5. The molecule has 0 unspecified atom stereocenters. The van der Waals surface area contributed by atoms with Gasteiger partial charge in [-0.05, 0) is 68.9 Å². The molecule has 2 aromatic rings. The van der Waals surface area contributed by atoms with E-state index in [0.29, 0.717) is 0 Å². The van der Waals surface area contributed by atoms with Crippen molar-refractivity contribution in [1.82, 2.24) is 0 Å². The Morgan fingerprint density at radius 3 is 2.54 bits per heavy atom. The smallest absolute Gasteiger partial charge is 0.193 e. The lowest BCUT2D eigenvalue weighted by atomic mass is 9.68. The maximum Gasteiger partial charge on any atom is 0.193 e. The monoisotopic (exact) mass is 446 g/mol. The molecule has 4 heteroatoms. The molecular formula is C20H16Br2O2. The number of ether oxygens (including phenoxy) is 1. The van der Waals surface area contributed by atoms with Gasteiger partial charge in [0.25, 0.3) is 0 Å². The summed E-state index contributed by atoms with van der Waals surface area (Å²) in [7, 11) is 1.65. The quantitative estimate of drug-likeness (QED) is 0.560. The maximum atomic E-state index is 13.3. The van der Waals surface area contributed by atoms with Crippen LogP contribution in [0.25, 0.3) is 5.57 Å². The van der Waals surface area contributed by atoms with Gasteiger partial charge >= 0.3 is 0 Å². The number of hydrogen-bond acceptors (Lipinski definition) is 2. The lowest BCUT2D eigenvalue weighted by Crippen LogP contribution is -2.29. The SMILES string of the molecule is COc1cc2c(cc1Br)C(=O)C1=C(Cc3cc(Br)ccc31)C2(C)C. The number of methoxy groups -OCH3 is 1. The number of hydrogen-bond donors (Lipinski definition) is 0. The molecule has 0 saturated carbocycles. The van der Waals surface area contributed by atoms with Gasteiger partial charge in [-0.1, -0.05) is 35.8 Å². The third-order valence-corrected chi connectivity index (χ3v) is 6.31. The van der Waals surface area contributed by atoms with Crippen molar-refractivity contribution >= 4 is 43.2 Å². The number of carbonyl (C=O) groups excluding carboxylic acids is 1. The largest absolute Gasteiger partial charge is 0.496 e. The van der Waals surface area contributed by atoms with Crippen molar-refractivity contribution in [2.75, 3.05) is 7.11 Å². The predicted octanol–water partition coefficient (Wildman–Crippen LogP) is 5.70. The first-order valence-electron chi connectivity index (χ1n) is 7.79. The van der Waals surface area contributed by atoms with Crippen molar-refractivity contribution in [2.24, 2.45) is 0 Å². The molecule has 2 aliphatic rings. The van der Waals surface area contributed by atoms with E-state index in [-0.39, 0.29) is 11.2 Å². The second kappa shape index (κ2) is 5.30. The second-order valence-electron chi connectivity index (χ2n) is 6.82. The van der Waals surface area contributed by atoms with Crippen LogP contribution in [-0.2, 0) is 11.8 Å². The molecule has 0 aliphatic heterocycles. The summed E-state index contributed by atoms with van der Waals surface area (Å²) in [6, 6.07) is 10.1. The molecule has 0 fully saturated rings. The van der Waals surface area contributed by atoms with Gasteiger partial charge in [-0.15, -0.1) is 0 Å². The van der Waals surface area contributed by atoms with Gasteiger partial charge in [-0.2, -0.15) is 0 Å². The second-order valence-corrected chi connectivity index (χ2v) is 8.59. The van der Waals surface area contributed by atoms with Gasteiger partial charge in [0.2, 0.25) is 0 Å². The summed E-state index contributed by atoms with van der Waals surface area (Å²) in [6.45, 7) is 4.39. The van der Waals surface area contributed by atoms with Crippen LogP contribution in [-0.4, -0.2) is 12.9 Å². The summed E-state index contributed by atoms with van der Waals surface area (Å²) < 4.78 is 7.31. The number of rotatable bonds is 1. The number of ketones is 1. The molecule has 0 bridgehead atoms. The highest BCUT2D eigenvalue weighted by atomic mass is 79.9. The first-order valence-corrected chi connectivity index (χ1v) is 9.38. The lowest BCUT2D eigenvalue weighted by Gasteiger charge is -2.34. The van der Waals surface area contributed by atoms with Crippen LogP contribution in [0.3, 0.4) is 0 Å². The number of fused-ring (bicyclic) bond motifs is 3. The summed E-state index contributed by atoms with van der Waals surface area (Å²) in [5.41, 5.74) is 5.97. The Hall–Kier alpha value is -1.39. The fourth-order valence-corrected chi connectivity index (χ4v) is 4.81. The van der Waals surface area contributed by atoms with Gasteiger partial charge in [-0.25, -0.2) is 0 Å². The average molecular weight is 448 g/mol. The Kier molecular flexibility index (Phi) is 3.56. The minimum Gasteiger partial charge on any atom is -0.496 e. The molecule has 24 heavy (non-hydrogen) atoms. The van der Waals surface area contributed by atoms with E-state index >= 15 is 0 Å². The molecule has 2 aromatic carbocycles. The zero-order valence-electron chi connectivity index (χ0n) is 13.7. The Morgan fingerprint density at radius 1 is 1.08 bits per heavy atom. The van der Waals surface area contributed by atoms with Crippen LogP contribution in [0, 0.1) is 0 Å². The Balaban J connectivity index is 1.98. The Morgan fingerprint density at radius 2 is 1.83 bits per heavy atom. The molecule has 0 amide bonds. The molecule has 122 valence electrons. The number of carbonyl (C=O) groups is 1. The van der Waals surface area contributed by atoms with Crippen LogP contribution >= 0.6 is 31.9 Å². The van der Waals surface area contributed by atoms with E-state index in [2.05, 4.69) is 57.8 Å². The molecule has 2 nitrogen and oxygen atoms in total.